The van der Waals surface area contributed by atoms with Crippen LogP contribution in [0.4, 0.5) is 19.0 Å². The minimum atomic E-state index is -4.43. The third-order valence-corrected chi connectivity index (χ3v) is 3.96. The number of halogens is 3. The van der Waals surface area contributed by atoms with E-state index in [1.54, 1.807) is 0 Å². The summed E-state index contributed by atoms with van der Waals surface area (Å²) in [4.78, 5) is 7.88. The van der Waals surface area contributed by atoms with Crippen molar-refractivity contribution < 1.29 is 13.2 Å². The molecule has 1 aromatic rings. The van der Waals surface area contributed by atoms with Gasteiger partial charge in [-0.2, -0.15) is 13.2 Å². The number of aromatic nitrogens is 1. The van der Waals surface area contributed by atoms with Crippen molar-refractivity contribution in [1.29, 1.82) is 0 Å². The van der Waals surface area contributed by atoms with Gasteiger partial charge in [-0.3, -0.25) is 0 Å². The van der Waals surface area contributed by atoms with Crippen molar-refractivity contribution in [2.45, 2.75) is 31.6 Å². The Kier molecular flexibility index (Phi) is 4.73. The van der Waals surface area contributed by atoms with Crippen LogP contribution < -0.4 is 10.6 Å². The highest BCUT2D eigenvalue weighted by Gasteiger charge is 2.34. The summed E-state index contributed by atoms with van der Waals surface area (Å²) in [7, 11) is 4.04. The molecule has 118 valence electrons. The molecule has 0 spiro atoms. The number of hydrogen-bond donors (Lipinski definition) is 1. The molecule has 2 heterocycles. The highest BCUT2D eigenvalue weighted by molar-refractivity contribution is 5.48. The molecule has 1 saturated heterocycles. The zero-order valence-corrected chi connectivity index (χ0v) is 12.3. The van der Waals surface area contributed by atoms with Crippen LogP contribution in [-0.4, -0.2) is 43.1 Å². The van der Waals surface area contributed by atoms with Crippen LogP contribution in [0.5, 0.6) is 0 Å². The summed E-state index contributed by atoms with van der Waals surface area (Å²) in [6, 6.07) is 2.90. The van der Waals surface area contributed by atoms with E-state index in [2.05, 4.69) is 9.88 Å². The average Bonchev–Trinajstić information content (AvgIpc) is 2.45. The zero-order chi connectivity index (χ0) is 15.6. The second-order valence-corrected chi connectivity index (χ2v) is 5.56. The Bertz CT molecular complexity index is 480. The second kappa shape index (κ2) is 6.19. The Balaban J connectivity index is 2.22. The van der Waals surface area contributed by atoms with Gasteiger partial charge in [-0.1, -0.05) is 6.07 Å². The predicted molar refractivity (Wildman–Crippen MR) is 76.1 cm³/mol. The molecule has 4 nitrogen and oxygen atoms in total. The molecule has 0 radical (unpaired) electrons. The first kappa shape index (κ1) is 16.0. The van der Waals surface area contributed by atoms with Gasteiger partial charge in [-0.25, -0.2) is 4.98 Å². The smallest absolute Gasteiger partial charge is 0.356 e. The fraction of sp³-hybridized carbons (Fsp3) is 0.643. The molecular weight excluding hydrogens is 281 g/mol. The van der Waals surface area contributed by atoms with Crippen LogP contribution in [0.3, 0.4) is 0 Å². The SMILES string of the molecule is CN(C)C1CCN(c2nc(C(F)(F)F)ccc2CN)CC1. The third-order valence-electron chi connectivity index (χ3n) is 3.96. The normalized spacial score (nSPS) is 17.6. The maximum absolute atomic E-state index is 12.8. The lowest BCUT2D eigenvalue weighted by atomic mass is 10.0. The highest BCUT2D eigenvalue weighted by Crippen LogP contribution is 2.31. The third kappa shape index (κ3) is 3.65. The van der Waals surface area contributed by atoms with E-state index < -0.39 is 11.9 Å². The molecule has 0 atom stereocenters. The van der Waals surface area contributed by atoms with Crippen molar-refractivity contribution in [3.63, 3.8) is 0 Å². The predicted octanol–water partition coefficient (Wildman–Crippen LogP) is 2.09. The minimum Gasteiger partial charge on any atom is -0.356 e. The molecule has 2 rings (SSSR count). The van der Waals surface area contributed by atoms with Crippen LogP contribution in [0.15, 0.2) is 12.1 Å². The summed E-state index contributed by atoms with van der Waals surface area (Å²) in [6.45, 7) is 1.59. The molecule has 0 bridgehead atoms. The van der Waals surface area contributed by atoms with Gasteiger partial charge in [0.15, 0.2) is 0 Å². The van der Waals surface area contributed by atoms with Gasteiger partial charge in [0.05, 0.1) is 0 Å². The molecule has 0 amide bonds. The van der Waals surface area contributed by atoms with Gasteiger partial charge >= 0.3 is 6.18 Å². The maximum atomic E-state index is 12.8. The van der Waals surface area contributed by atoms with Crippen molar-refractivity contribution >= 4 is 5.82 Å². The number of nitrogens with zero attached hydrogens (tertiary/aromatic N) is 3. The van der Waals surface area contributed by atoms with Gasteiger partial charge in [0.1, 0.15) is 11.5 Å². The topological polar surface area (TPSA) is 45.4 Å². The van der Waals surface area contributed by atoms with Crippen LogP contribution >= 0.6 is 0 Å². The highest BCUT2D eigenvalue weighted by atomic mass is 19.4. The lowest BCUT2D eigenvalue weighted by Gasteiger charge is -2.36. The van der Waals surface area contributed by atoms with E-state index in [1.165, 1.54) is 6.07 Å². The van der Waals surface area contributed by atoms with Crippen molar-refractivity contribution in [1.82, 2.24) is 9.88 Å². The molecule has 0 unspecified atom stereocenters. The Morgan fingerprint density at radius 2 is 1.90 bits per heavy atom. The molecule has 2 N–H and O–H groups in total. The summed E-state index contributed by atoms with van der Waals surface area (Å²) in [5.74, 6) is 0.379. The van der Waals surface area contributed by atoms with Gasteiger partial charge < -0.3 is 15.5 Å². The van der Waals surface area contributed by atoms with Crippen LogP contribution in [-0.2, 0) is 12.7 Å². The molecule has 1 aliphatic heterocycles. The number of pyridine rings is 1. The Morgan fingerprint density at radius 1 is 1.29 bits per heavy atom. The zero-order valence-electron chi connectivity index (χ0n) is 12.3. The first-order chi connectivity index (χ1) is 9.82. The van der Waals surface area contributed by atoms with E-state index in [0.29, 0.717) is 30.5 Å². The van der Waals surface area contributed by atoms with E-state index in [9.17, 15) is 13.2 Å². The van der Waals surface area contributed by atoms with Crippen LogP contribution in [0, 0.1) is 0 Å². The van der Waals surface area contributed by atoms with Crippen LogP contribution in [0.2, 0.25) is 0 Å². The minimum absolute atomic E-state index is 0.189. The first-order valence-electron chi connectivity index (χ1n) is 7.01. The standard InChI is InChI=1S/C14H21F3N4/c1-20(2)11-5-7-21(8-6-11)13-10(9-18)3-4-12(19-13)14(15,16)17/h3-4,11H,5-9,18H2,1-2H3. The summed E-state index contributed by atoms with van der Waals surface area (Å²) in [5, 5.41) is 0. The number of alkyl halides is 3. The first-order valence-corrected chi connectivity index (χ1v) is 7.01. The van der Waals surface area contributed by atoms with Gasteiger partial charge in [0.2, 0.25) is 0 Å². The number of anilines is 1. The molecule has 0 saturated carbocycles. The quantitative estimate of drug-likeness (QED) is 0.928. The molecule has 1 aliphatic rings. The Hall–Kier alpha value is -1.34. The molecule has 0 aromatic carbocycles. The molecule has 0 aliphatic carbocycles. The molecule has 1 fully saturated rings. The van der Waals surface area contributed by atoms with Gasteiger partial charge in [-0.05, 0) is 33.0 Å². The van der Waals surface area contributed by atoms with Gasteiger partial charge in [0, 0.05) is 31.2 Å². The summed E-state index contributed by atoms with van der Waals surface area (Å²) >= 11 is 0. The number of hydrogen-bond acceptors (Lipinski definition) is 4. The van der Waals surface area contributed by atoms with Crippen molar-refractivity contribution in [3.8, 4) is 0 Å². The Labute approximate surface area is 122 Å². The van der Waals surface area contributed by atoms with Crippen molar-refractivity contribution in [3.05, 3.63) is 23.4 Å². The van der Waals surface area contributed by atoms with E-state index >= 15 is 0 Å². The fourth-order valence-electron chi connectivity index (χ4n) is 2.66. The summed E-state index contributed by atoms with van der Waals surface area (Å²) in [5.41, 5.74) is 5.44. The monoisotopic (exact) mass is 302 g/mol. The molecule has 21 heavy (non-hydrogen) atoms. The van der Waals surface area contributed by atoms with Crippen molar-refractivity contribution in [2.24, 2.45) is 5.73 Å². The maximum Gasteiger partial charge on any atom is 0.433 e. The van der Waals surface area contributed by atoms with Gasteiger partial charge in [-0.15, -0.1) is 0 Å². The molecular formula is C14H21F3N4. The second-order valence-electron chi connectivity index (χ2n) is 5.56. The number of nitrogens with two attached hydrogens (primary N) is 1. The van der Waals surface area contributed by atoms with E-state index in [-0.39, 0.29) is 6.54 Å². The van der Waals surface area contributed by atoms with E-state index in [0.717, 1.165) is 18.9 Å². The van der Waals surface area contributed by atoms with Crippen molar-refractivity contribution in [2.75, 3.05) is 32.1 Å². The average molecular weight is 302 g/mol. The number of rotatable bonds is 3. The number of piperidine rings is 1. The van der Waals surface area contributed by atoms with E-state index in [1.807, 2.05) is 19.0 Å². The molecule has 7 heteroatoms. The molecule has 1 aromatic heterocycles. The lowest BCUT2D eigenvalue weighted by molar-refractivity contribution is -0.141. The largest absolute Gasteiger partial charge is 0.433 e. The van der Waals surface area contributed by atoms with Crippen LogP contribution in [0.25, 0.3) is 0 Å². The Morgan fingerprint density at radius 3 is 2.38 bits per heavy atom. The van der Waals surface area contributed by atoms with Crippen LogP contribution in [0.1, 0.15) is 24.1 Å². The van der Waals surface area contributed by atoms with Gasteiger partial charge in [0.25, 0.3) is 0 Å². The lowest BCUT2D eigenvalue weighted by Crippen LogP contribution is -2.42. The van der Waals surface area contributed by atoms with E-state index in [4.69, 9.17) is 5.73 Å². The summed E-state index contributed by atoms with van der Waals surface area (Å²) in [6.07, 6.45) is -2.60. The summed E-state index contributed by atoms with van der Waals surface area (Å²) < 4.78 is 38.5. The fourth-order valence-corrected chi connectivity index (χ4v) is 2.66.